The monoisotopic (exact) mass is 531 g/mol. The molecule has 1 aromatic heterocycles. The molecule has 6 N–H and O–H groups in total. The first-order valence-electron chi connectivity index (χ1n) is 12.7. The number of anilines is 3. The molecule has 1 saturated carbocycles. The molecular formula is C29H33N5O3S. The fourth-order valence-corrected chi connectivity index (χ4v) is 5.23. The average Bonchev–Trinajstić information content (AvgIpc) is 3.42. The van der Waals surface area contributed by atoms with Crippen LogP contribution in [-0.2, 0) is 11.2 Å². The summed E-state index contributed by atoms with van der Waals surface area (Å²) in [7, 11) is 0. The Labute approximate surface area is 226 Å². The zero-order chi connectivity index (χ0) is 27.1. The van der Waals surface area contributed by atoms with Gasteiger partial charge in [-0.25, -0.2) is 9.86 Å². The van der Waals surface area contributed by atoms with E-state index in [1.54, 1.807) is 42.5 Å². The van der Waals surface area contributed by atoms with Crippen molar-refractivity contribution in [1.82, 2.24) is 5.06 Å². The molecule has 9 heteroatoms. The highest BCUT2D eigenvalue weighted by molar-refractivity contribution is 7.10. The summed E-state index contributed by atoms with van der Waals surface area (Å²) in [6.45, 7) is 1.86. The highest BCUT2D eigenvalue weighted by Gasteiger charge is 2.24. The number of rotatable bonds is 8. The van der Waals surface area contributed by atoms with Crippen LogP contribution in [0.15, 0.2) is 60.0 Å². The van der Waals surface area contributed by atoms with Crippen molar-refractivity contribution in [3.63, 3.8) is 0 Å². The van der Waals surface area contributed by atoms with E-state index in [2.05, 4.69) is 10.6 Å². The molecule has 2 aromatic carbocycles. The number of nitrogens with one attached hydrogen (secondary N) is 3. The van der Waals surface area contributed by atoms with Gasteiger partial charge < -0.3 is 21.8 Å². The molecule has 0 aliphatic heterocycles. The number of nitrogens with two attached hydrogens (primary N) is 1. The number of hydrogen-bond acceptors (Lipinski definition) is 6. The Morgan fingerprint density at radius 2 is 1.92 bits per heavy atom. The lowest BCUT2D eigenvalue weighted by atomic mass is 9.95. The molecule has 1 heterocycles. The van der Waals surface area contributed by atoms with Gasteiger partial charge in [0.2, 0.25) is 5.91 Å². The number of benzene rings is 2. The molecule has 0 saturated heterocycles. The van der Waals surface area contributed by atoms with Crippen LogP contribution in [0.1, 0.15) is 53.7 Å². The van der Waals surface area contributed by atoms with Crippen LogP contribution in [0, 0.1) is 12.3 Å². The summed E-state index contributed by atoms with van der Waals surface area (Å²) in [5, 5.41) is 27.3. The number of amides is 3. The maximum atomic E-state index is 12.5. The van der Waals surface area contributed by atoms with Crippen LogP contribution in [0.2, 0.25) is 0 Å². The van der Waals surface area contributed by atoms with Crippen molar-refractivity contribution in [2.45, 2.75) is 51.5 Å². The first-order chi connectivity index (χ1) is 18.3. The van der Waals surface area contributed by atoms with Crippen molar-refractivity contribution in [2.75, 3.05) is 16.4 Å². The number of carbonyl (C=O) groups excluding carboxylic acids is 2. The Balaban J connectivity index is 1.41. The third kappa shape index (κ3) is 7.08. The molecule has 38 heavy (non-hydrogen) atoms. The van der Waals surface area contributed by atoms with E-state index in [0.717, 1.165) is 53.2 Å². The maximum absolute atomic E-state index is 12.5. The van der Waals surface area contributed by atoms with Crippen LogP contribution >= 0.6 is 11.3 Å². The molecule has 0 atom stereocenters. The summed E-state index contributed by atoms with van der Waals surface area (Å²) in [5.41, 5.74) is 10.1. The van der Waals surface area contributed by atoms with Crippen molar-refractivity contribution in [3.8, 4) is 0 Å². The standard InChI is InChI=1S/C29H33N5O3S/c1-19-15-26(31)24(18-27(19)33-28(35)17-23-11-6-14-38-23)25(30)13-12-20-7-5-8-21(16-20)32-29(36)34(37)22-9-3-2-4-10-22/h5-8,11-16,18,22,30,37H,2-4,9-10,17,31H2,1H3,(H,32,36)(H,33,35)/b13-12+,30-25?. The summed E-state index contributed by atoms with van der Waals surface area (Å²) >= 11 is 1.53. The highest BCUT2D eigenvalue weighted by atomic mass is 32.1. The van der Waals surface area contributed by atoms with Gasteiger partial charge >= 0.3 is 6.03 Å². The van der Waals surface area contributed by atoms with Gasteiger partial charge in [-0.05, 0) is 72.7 Å². The summed E-state index contributed by atoms with van der Waals surface area (Å²) in [4.78, 5) is 26.0. The molecule has 3 amide bonds. The predicted octanol–water partition coefficient (Wildman–Crippen LogP) is 6.46. The van der Waals surface area contributed by atoms with Gasteiger partial charge in [0.15, 0.2) is 0 Å². The van der Waals surface area contributed by atoms with Gasteiger partial charge in [-0.1, -0.05) is 43.5 Å². The van der Waals surface area contributed by atoms with E-state index in [0.29, 0.717) is 22.6 Å². The smallest absolute Gasteiger partial charge is 0.345 e. The van der Waals surface area contributed by atoms with Crippen LogP contribution in [0.5, 0.6) is 0 Å². The number of nitrogens with zero attached hydrogens (tertiary/aromatic N) is 1. The van der Waals surface area contributed by atoms with Crippen molar-refractivity contribution in [2.24, 2.45) is 0 Å². The van der Waals surface area contributed by atoms with E-state index in [1.165, 1.54) is 11.3 Å². The molecule has 4 rings (SSSR count). The first-order valence-corrected chi connectivity index (χ1v) is 13.6. The van der Waals surface area contributed by atoms with E-state index < -0.39 is 6.03 Å². The van der Waals surface area contributed by atoms with Gasteiger partial charge in [-0.3, -0.25) is 10.0 Å². The molecule has 1 aliphatic rings. The van der Waals surface area contributed by atoms with Crippen LogP contribution in [-0.4, -0.2) is 34.0 Å². The van der Waals surface area contributed by atoms with Crippen LogP contribution < -0.4 is 16.4 Å². The zero-order valence-electron chi connectivity index (χ0n) is 21.4. The van der Waals surface area contributed by atoms with Crippen LogP contribution in [0.3, 0.4) is 0 Å². The quantitative estimate of drug-likeness (QED) is 0.0988. The third-order valence-electron chi connectivity index (χ3n) is 6.58. The normalized spacial score (nSPS) is 13.8. The summed E-state index contributed by atoms with van der Waals surface area (Å²) in [6.07, 6.45) is 8.42. The predicted molar refractivity (Wildman–Crippen MR) is 154 cm³/mol. The number of carbonyl (C=O) groups is 2. The Kier molecular flexibility index (Phi) is 8.93. The van der Waals surface area contributed by atoms with Crippen molar-refractivity contribution in [3.05, 3.63) is 81.6 Å². The van der Waals surface area contributed by atoms with Crippen LogP contribution in [0.25, 0.3) is 6.08 Å². The second-order valence-electron chi connectivity index (χ2n) is 9.50. The van der Waals surface area contributed by atoms with E-state index in [1.807, 2.05) is 30.5 Å². The zero-order valence-corrected chi connectivity index (χ0v) is 22.2. The molecule has 0 bridgehead atoms. The third-order valence-corrected chi connectivity index (χ3v) is 7.46. The minimum atomic E-state index is -0.549. The minimum Gasteiger partial charge on any atom is -0.398 e. The molecule has 8 nitrogen and oxygen atoms in total. The van der Waals surface area contributed by atoms with Gasteiger partial charge in [-0.2, -0.15) is 0 Å². The van der Waals surface area contributed by atoms with Gasteiger partial charge in [0, 0.05) is 27.5 Å². The molecule has 0 spiro atoms. The number of aryl methyl sites for hydroxylation is 1. The molecule has 0 unspecified atom stereocenters. The van der Waals surface area contributed by atoms with Gasteiger partial charge in [0.1, 0.15) is 0 Å². The number of allylic oxidation sites excluding steroid dienone is 1. The molecule has 1 fully saturated rings. The Hall–Kier alpha value is -3.95. The second-order valence-corrected chi connectivity index (χ2v) is 10.5. The highest BCUT2D eigenvalue weighted by Crippen LogP contribution is 2.25. The Morgan fingerprint density at radius 3 is 2.66 bits per heavy atom. The van der Waals surface area contributed by atoms with Gasteiger partial charge in [0.25, 0.3) is 0 Å². The van der Waals surface area contributed by atoms with Crippen molar-refractivity contribution < 1.29 is 14.8 Å². The van der Waals surface area contributed by atoms with Crippen LogP contribution in [0.4, 0.5) is 21.9 Å². The summed E-state index contributed by atoms with van der Waals surface area (Å²) in [5.74, 6) is -0.128. The topological polar surface area (TPSA) is 132 Å². The Bertz CT molecular complexity index is 1330. The van der Waals surface area contributed by atoms with Gasteiger partial charge in [0.05, 0.1) is 18.2 Å². The lowest BCUT2D eigenvalue weighted by molar-refractivity contribution is -0.115. The van der Waals surface area contributed by atoms with E-state index in [4.69, 9.17) is 11.1 Å². The SMILES string of the molecule is Cc1cc(N)c(C(=N)/C=C/c2cccc(NC(=O)N(O)C3CCCCC3)c2)cc1NC(=O)Cc1cccs1. The number of hydrogen-bond donors (Lipinski definition) is 5. The number of thiophene rings is 1. The fourth-order valence-electron chi connectivity index (χ4n) is 4.53. The summed E-state index contributed by atoms with van der Waals surface area (Å²) < 4.78 is 0. The van der Waals surface area contributed by atoms with Crippen molar-refractivity contribution >= 4 is 52.1 Å². The largest absolute Gasteiger partial charge is 0.398 e. The minimum absolute atomic E-state index is 0.128. The second kappa shape index (κ2) is 12.5. The van der Waals surface area contributed by atoms with Gasteiger partial charge in [-0.15, -0.1) is 11.3 Å². The van der Waals surface area contributed by atoms with E-state index in [-0.39, 0.29) is 24.1 Å². The Morgan fingerprint density at radius 1 is 1.13 bits per heavy atom. The molecule has 1 aliphatic carbocycles. The number of hydroxylamine groups is 2. The average molecular weight is 532 g/mol. The molecule has 198 valence electrons. The molecule has 3 aromatic rings. The number of nitrogen functional groups attached to an aromatic ring is 1. The fraction of sp³-hybridized carbons (Fsp3) is 0.276. The lowest BCUT2D eigenvalue weighted by Gasteiger charge is -2.29. The molecular weight excluding hydrogens is 498 g/mol. The number of urea groups is 1. The van der Waals surface area contributed by atoms with Crippen molar-refractivity contribution in [1.29, 1.82) is 5.41 Å². The van der Waals surface area contributed by atoms with E-state index >= 15 is 0 Å². The summed E-state index contributed by atoms with van der Waals surface area (Å²) in [6, 6.07) is 13.8. The maximum Gasteiger partial charge on any atom is 0.345 e. The molecule has 0 radical (unpaired) electrons. The van der Waals surface area contributed by atoms with E-state index in [9.17, 15) is 14.8 Å². The first kappa shape index (κ1) is 27.1. The lowest BCUT2D eigenvalue weighted by Crippen LogP contribution is -2.41.